The van der Waals surface area contributed by atoms with Crippen molar-refractivity contribution in [2.75, 3.05) is 25.6 Å². The highest BCUT2D eigenvalue weighted by Gasteiger charge is 2.26. The first-order valence-electron chi connectivity index (χ1n) is 12.0. The van der Waals surface area contributed by atoms with Gasteiger partial charge < -0.3 is 15.2 Å². The number of thiol groups is 1. The van der Waals surface area contributed by atoms with Crippen LogP contribution in [-0.4, -0.2) is 50.8 Å². The first-order valence-corrected chi connectivity index (χ1v) is 15.5. The van der Waals surface area contributed by atoms with Crippen LogP contribution in [0, 0.1) is 0 Å². The number of rotatable bonds is 6. The number of hydrogen-bond donors (Lipinski definition) is 2. The lowest BCUT2D eigenvalue weighted by molar-refractivity contribution is 0.0712. The Labute approximate surface area is 215 Å². The van der Waals surface area contributed by atoms with Gasteiger partial charge in [0.2, 0.25) is 5.82 Å². The average molecular weight is 523 g/mol. The van der Waals surface area contributed by atoms with Gasteiger partial charge in [0, 0.05) is 35.7 Å². The fourth-order valence-corrected chi connectivity index (χ4v) is 6.14. The third-order valence-electron chi connectivity index (χ3n) is 6.64. The lowest BCUT2D eigenvalue weighted by Crippen LogP contribution is -2.38. The van der Waals surface area contributed by atoms with Crippen LogP contribution in [0.2, 0.25) is 0 Å². The number of likely N-dealkylation sites (tertiary alicyclic amines) is 1. The maximum Gasteiger partial charge on any atom is 0.258 e. The molecule has 9 heteroatoms. The molecular weight excluding hydrogens is 492 g/mol. The molecule has 2 aromatic heterocycles. The van der Waals surface area contributed by atoms with E-state index in [0.29, 0.717) is 53.3 Å². The molecule has 2 N–H and O–H groups in total. The van der Waals surface area contributed by atoms with Crippen molar-refractivity contribution in [3.05, 3.63) is 76.7 Å². The van der Waals surface area contributed by atoms with Gasteiger partial charge in [-0.05, 0) is 72.0 Å². The van der Waals surface area contributed by atoms with Crippen LogP contribution >= 0.6 is 11.3 Å². The molecule has 1 fully saturated rings. The van der Waals surface area contributed by atoms with Crippen LogP contribution in [0.4, 0.5) is 0 Å². The zero-order valence-corrected chi connectivity index (χ0v) is 22.1. The molecule has 0 aliphatic carbocycles. The van der Waals surface area contributed by atoms with Crippen molar-refractivity contribution in [1.82, 2.24) is 15.0 Å². The quantitative estimate of drug-likeness (QED) is 0.360. The first-order chi connectivity index (χ1) is 17.3. The van der Waals surface area contributed by atoms with Gasteiger partial charge in [0.15, 0.2) is 0 Å². The highest BCUT2D eigenvalue weighted by molar-refractivity contribution is 8.01. The second kappa shape index (κ2) is 10.1. The minimum atomic E-state index is -2.64. The molecule has 4 aromatic rings. The second-order valence-corrected chi connectivity index (χ2v) is 13.7. The summed E-state index contributed by atoms with van der Waals surface area (Å²) in [6.45, 7) is 1.85. The molecule has 0 unspecified atom stereocenters. The summed E-state index contributed by atoms with van der Waals surface area (Å²) in [6, 6.07) is 17.6. The summed E-state index contributed by atoms with van der Waals surface area (Å²) in [5, 5.41) is 6.04. The number of hydrogen-bond acceptors (Lipinski definition) is 7. The number of nitrogens with zero attached hydrogens (tertiary/aromatic N) is 3. The van der Waals surface area contributed by atoms with Gasteiger partial charge in [0.1, 0.15) is 0 Å². The minimum absolute atomic E-state index is 0.0706. The second-order valence-electron chi connectivity index (χ2n) is 9.54. The largest absolute Gasteiger partial charge is 0.339 e. The minimum Gasteiger partial charge on any atom is -0.339 e. The number of aromatic nitrogens is 2. The highest BCUT2D eigenvalue weighted by Crippen LogP contribution is 2.32. The Bertz CT molecular complexity index is 1420. The maximum absolute atomic E-state index is 13.6. The number of piperidine rings is 1. The third kappa shape index (κ3) is 5.18. The highest BCUT2D eigenvalue weighted by atomic mass is 32.2. The zero-order valence-electron chi connectivity index (χ0n) is 20.4. The van der Waals surface area contributed by atoms with Crippen LogP contribution < -0.4 is 5.73 Å². The first kappa shape index (κ1) is 24.5. The Morgan fingerprint density at radius 3 is 2.64 bits per heavy atom. The molecule has 36 heavy (non-hydrogen) atoms. The van der Waals surface area contributed by atoms with Gasteiger partial charge in [-0.15, -0.1) is 11.3 Å². The topological polar surface area (TPSA) is 102 Å². The SMILES string of the molecule is C[SH](C)(=O)c1cc(C(=O)N2CCC(c3cccc(CN)c3)CC2)cc(-c2nc(-c3cccs3)no2)c1. The Balaban J connectivity index is 1.39. The number of benzene rings is 2. The molecule has 1 aliphatic heterocycles. The van der Waals surface area contributed by atoms with Crippen molar-refractivity contribution in [2.24, 2.45) is 5.73 Å². The Hall–Kier alpha value is -3.14. The maximum atomic E-state index is 13.6. The summed E-state index contributed by atoms with van der Waals surface area (Å²) >= 11 is 1.52. The molecule has 7 nitrogen and oxygen atoms in total. The molecule has 0 atom stereocenters. The summed E-state index contributed by atoms with van der Waals surface area (Å²) < 4.78 is 18.5. The van der Waals surface area contributed by atoms with E-state index < -0.39 is 9.93 Å². The van der Waals surface area contributed by atoms with Gasteiger partial charge in [0.25, 0.3) is 11.8 Å². The van der Waals surface area contributed by atoms with Crippen molar-refractivity contribution in [2.45, 2.75) is 30.2 Å². The summed E-state index contributed by atoms with van der Waals surface area (Å²) in [5.41, 5.74) is 9.31. The van der Waals surface area contributed by atoms with E-state index in [1.165, 1.54) is 16.9 Å². The van der Waals surface area contributed by atoms with E-state index in [2.05, 4.69) is 28.3 Å². The van der Waals surface area contributed by atoms with Crippen LogP contribution in [0.15, 0.2) is 69.4 Å². The zero-order chi connectivity index (χ0) is 25.3. The van der Waals surface area contributed by atoms with Gasteiger partial charge in [-0.25, -0.2) is 0 Å². The van der Waals surface area contributed by atoms with Gasteiger partial charge in [-0.3, -0.25) is 9.00 Å². The van der Waals surface area contributed by atoms with Crippen LogP contribution in [0.1, 0.15) is 40.2 Å². The Morgan fingerprint density at radius 2 is 1.94 bits per heavy atom. The molecule has 5 rings (SSSR count). The molecule has 0 radical (unpaired) electrons. The number of carbonyl (C=O) groups excluding carboxylic acids is 1. The molecule has 1 saturated heterocycles. The fraction of sp³-hybridized carbons (Fsp3) is 0.296. The summed E-state index contributed by atoms with van der Waals surface area (Å²) in [4.78, 5) is 21.5. The van der Waals surface area contributed by atoms with Gasteiger partial charge in [-0.2, -0.15) is 4.98 Å². The number of amides is 1. The lowest BCUT2D eigenvalue weighted by atomic mass is 9.88. The lowest BCUT2D eigenvalue weighted by Gasteiger charge is -2.32. The fourth-order valence-electron chi connectivity index (χ4n) is 4.59. The van der Waals surface area contributed by atoms with Crippen LogP contribution in [0.3, 0.4) is 0 Å². The summed E-state index contributed by atoms with van der Waals surface area (Å²) in [6.07, 6.45) is 5.18. The predicted molar refractivity (Wildman–Crippen MR) is 145 cm³/mol. The number of nitrogens with two attached hydrogens (primary N) is 1. The van der Waals surface area contributed by atoms with E-state index in [4.69, 9.17) is 10.3 Å². The van der Waals surface area contributed by atoms with Crippen molar-refractivity contribution < 1.29 is 13.5 Å². The van der Waals surface area contributed by atoms with Crippen molar-refractivity contribution in [1.29, 1.82) is 0 Å². The predicted octanol–water partition coefficient (Wildman–Crippen LogP) is 4.58. The third-order valence-corrected chi connectivity index (χ3v) is 9.01. The number of thiophene rings is 1. The van der Waals surface area contributed by atoms with E-state index in [9.17, 15) is 9.00 Å². The van der Waals surface area contributed by atoms with Crippen LogP contribution in [0.25, 0.3) is 22.2 Å². The molecule has 1 aliphatic rings. The van der Waals surface area contributed by atoms with E-state index in [1.54, 1.807) is 30.7 Å². The normalized spacial score (nSPS) is 15.2. The monoisotopic (exact) mass is 522 g/mol. The van der Waals surface area contributed by atoms with Gasteiger partial charge in [-0.1, -0.05) is 45.4 Å². The summed E-state index contributed by atoms with van der Waals surface area (Å²) in [7, 11) is -2.64. The van der Waals surface area contributed by atoms with E-state index >= 15 is 0 Å². The van der Waals surface area contributed by atoms with E-state index in [1.807, 2.05) is 28.5 Å². The summed E-state index contributed by atoms with van der Waals surface area (Å²) in [5.74, 6) is 1.14. The van der Waals surface area contributed by atoms with Crippen LogP contribution in [-0.2, 0) is 16.5 Å². The molecule has 0 spiro atoms. The molecular formula is C27H30N4O3S2. The van der Waals surface area contributed by atoms with Crippen molar-refractivity contribution in [3.8, 4) is 22.2 Å². The molecule has 188 valence electrons. The molecule has 2 aromatic carbocycles. The van der Waals surface area contributed by atoms with Gasteiger partial charge >= 0.3 is 0 Å². The molecule has 1 amide bonds. The average Bonchev–Trinajstić information content (AvgIpc) is 3.60. The van der Waals surface area contributed by atoms with E-state index in [0.717, 1.165) is 23.3 Å². The van der Waals surface area contributed by atoms with Gasteiger partial charge in [0.05, 0.1) is 4.88 Å². The molecule has 0 saturated carbocycles. The van der Waals surface area contributed by atoms with Crippen molar-refractivity contribution >= 4 is 27.2 Å². The van der Waals surface area contributed by atoms with E-state index in [-0.39, 0.29) is 5.91 Å². The standard InChI is InChI=1S/C27H30N4O3S2/c1-36(2,33)23-15-21(26-29-25(30-34-26)24-7-4-12-35-24)14-22(16-23)27(32)31-10-8-19(9-11-31)20-6-3-5-18(13-20)17-28/h3-7,12-16,19,36H,8-11,17,28H2,1-2H3. The smallest absolute Gasteiger partial charge is 0.258 e. The number of carbonyl (C=O) groups is 1. The Morgan fingerprint density at radius 1 is 1.14 bits per heavy atom. The van der Waals surface area contributed by atoms with Crippen molar-refractivity contribution in [3.63, 3.8) is 0 Å². The Kier molecular flexibility index (Phi) is 6.87. The molecule has 0 bridgehead atoms. The van der Waals surface area contributed by atoms with Crippen LogP contribution in [0.5, 0.6) is 0 Å². The molecule has 3 heterocycles.